The van der Waals surface area contributed by atoms with E-state index < -0.39 is 58.2 Å². The van der Waals surface area contributed by atoms with Crippen LogP contribution < -0.4 is 0 Å². The summed E-state index contributed by atoms with van der Waals surface area (Å²) in [6.45, 7) is 1.78. The molecule has 140 valence electrons. The first kappa shape index (κ1) is 22.2. The summed E-state index contributed by atoms with van der Waals surface area (Å²) in [5.74, 6) is -3.33. The summed E-state index contributed by atoms with van der Waals surface area (Å²) in [7, 11) is -5.81. The number of hydrogen-bond acceptors (Lipinski definition) is 6. The van der Waals surface area contributed by atoms with Crippen molar-refractivity contribution in [2.24, 2.45) is 0 Å². The monoisotopic (exact) mass is 384 g/mol. The van der Waals surface area contributed by atoms with E-state index in [9.17, 15) is 40.0 Å². The molecule has 13 heteroatoms. The van der Waals surface area contributed by atoms with Crippen LogP contribution in [0.2, 0.25) is 0 Å². The van der Waals surface area contributed by atoms with Gasteiger partial charge in [0.05, 0.1) is 6.42 Å². The second-order valence-corrected chi connectivity index (χ2v) is 5.94. The van der Waals surface area contributed by atoms with E-state index in [1.807, 2.05) is 0 Å². The van der Waals surface area contributed by atoms with Crippen LogP contribution in [0.4, 0.5) is 22.0 Å². The Morgan fingerprint density at radius 2 is 1.71 bits per heavy atom. The van der Waals surface area contributed by atoms with Crippen LogP contribution >= 0.6 is 0 Å². The molecule has 1 atom stereocenters. The van der Waals surface area contributed by atoms with Crippen molar-refractivity contribution in [3.05, 3.63) is 12.2 Å². The molecule has 0 aliphatic rings. The number of carbonyl (C=O) groups is 2. The van der Waals surface area contributed by atoms with Gasteiger partial charge in [-0.1, -0.05) is 13.5 Å². The highest BCUT2D eigenvalue weighted by molar-refractivity contribution is 7.86. The molecule has 0 spiro atoms. The maximum atomic E-state index is 12.8. The molecular weight excluding hydrogens is 371 g/mol. The van der Waals surface area contributed by atoms with Crippen LogP contribution in [-0.4, -0.2) is 49.1 Å². The zero-order valence-electron chi connectivity index (χ0n) is 12.1. The molecule has 0 aromatic rings. The first-order chi connectivity index (χ1) is 10.6. The van der Waals surface area contributed by atoms with E-state index in [0.29, 0.717) is 0 Å². The predicted molar refractivity (Wildman–Crippen MR) is 67.4 cm³/mol. The molecule has 0 aliphatic heterocycles. The van der Waals surface area contributed by atoms with Gasteiger partial charge < -0.3 is 9.47 Å². The lowest BCUT2D eigenvalue weighted by Crippen LogP contribution is -2.35. The summed E-state index contributed by atoms with van der Waals surface area (Å²) in [6.07, 6.45) is -7.56. The van der Waals surface area contributed by atoms with Crippen LogP contribution in [0.1, 0.15) is 19.8 Å². The number of ether oxygens (including phenoxy) is 2. The van der Waals surface area contributed by atoms with Gasteiger partial charge in [0.1, 0.15) is 11.7 Å². The topological polar surface area (TPSA) is 107 Å². The number of rotatable bonds is 8. The van der Waals surface area contributed by atoms with E-state index in [2.05, 4.69) is 16.1 Å². The Morgan fingerprint density at radius 1 is 1.21 bits per heavy atom. The van der Waals surface area contributed by atoms with Crippen molar-refractivity contribution in [1.29, 1.82) is 0 Å². The van der Waals surface area contributed by atoms with Gasteiger partial charge in [0.2, 0.25) is 0 Å². The highest BCUT2D eigenvalue weighted by Gasteiger charge is 2.45. The Bertz CT molecular complexity index is 596. The van der Waals surface area contributed by atoms with Gasteiger partial charge in [-0.05, 0) is 6.42 Å². The average molecular weight is 384 g/mol. The summed E-state index contributed by atoms with van der Waals surface area (Å²) in [5, 5.41) is -4.76. The number of hydrogen-bond donors (Lipinski definition) is 1. The molecular formula is C11H13F5O7S. The van der Waals surface area contributed by atoms with Crippen LogP contribution in [-0.2, 0) is 29.2 Å². The fraction of sp³-hybridized carbons (Fsp3) is 0.636. The van der Waals surface area contributed by atoms with Crippen molar-refractivity contribution < 1.29 is 54.0 Å². The Morgan fingerprint density at radius 3 is 2.08 bits per heavy atom. The molecule has 0 fully saturated rings. The molecule has 0 amide bonds. The quantitative estimate of drug-likeness (QED) is 0.294. The molecule has 0 bridgehead atoms. The number of halogens is 5. The van der Waals surface area contributed by atoms with Crippen molar-refractivity contribution in [3.63, 3.8) is 0 Å². The number of esters is 2. The van der Waals surface area contributed by atoms with Crippen LogP contribution in [0, 0.1) is 0 Å². The second-order valence-electron chi connectivity index (χ2n) is 4.39. The Kier molecular flexibility index (Phi) is 7.30. The average Bonchev–Trinajstić information content (AvgIpc) is 2.41. The Hall–Kier alpha value is -1.76. The zero-order valence-corrected chi connectivity index (χ0v) is 12.9. The van der Waals surface area contributed by atoms with Crippen LogP contribution in [0.15, 0.2) is 12.2 Å². The van der Waals surface area contributed by atoms with Gasteiger partial charge >= 0.3 is 33.5 Å². The van der Waals surface area contributed by atoms with E-state index in [0.717, 1.165) is 0 Å². The maximum Gasteiger partial charge on any atom is 0.422 e. The van der Waals surface area contributed by atoms with Crippen molar-refractivity contribution >= 4 is 22.1 Å². The van der Waals surface area contributed by atoms with Gasteiger partial charge in [-0.3, -0.25) is 9.35 Å². The van der Waals surface area contributed by atoms with E-state index in [1.165, 1.54) is 6.92 Å². The molecule has 0 aromatic carbocycles. The summed E-state index contributed by atoms with van der Waals surface area (Å²) in [4.78, 5) is 22.4. The van der Waals surface area contributed by atoms with Crippen molar-refractivity contribution in [2.45, 2.75) is 37.3 Å². The van der Waals surface area contributed by atoms with E-state index in [-0.39, 0.29) is 6.42 Å². The summed E-state index contributed by atoms with van der Waals surface area (Å²) >= 11 is 0. The number of alkyl halides is 5. The summed E-state index contributed by atoms with van der Waals surface area (Å²) in [5.41, 5.74) is -1.83. The lowest BCUT2D eigenvalue weighted by molar-refractivity contribution is -0.161. The van der Waals surface area contributed by atoms with E-state index in [4.69, 9.17) is 4.55 Å². The fourth-order valence-corrected chi connectivity index (χ4v) is 1.30. The van der Waals surface area contributed by atoms with Gasteiger partial charge in [0, 0.05) is 0 Å². The first-order valence-corrected chi connectivity index (χ1v) is 7.53. The largest absolute Gasteiger partial charge is 0.458 e. The van der Waals surface area contributed by atoms with Crippen molar-refractivity contribution in [3.8, 4) is 0 Å². The van der Waals surface area contributed by atoms with Crippen LogP contribution in [0.25, 0.3) is 0 Å². The predicted octanol–water partition coefficient (Wildman–Crippen LogP) is 1.84. The third-order valence-electron chi connectivity index (χ3n) is 2.49. The molecule has 1 unspecified atom stereocenters. The third-order valence-corrected chi connectivity index (χ3v) is 3.36. The highest BCUT2D eigenvalue weighted by atomic mass is 32.2. The van der Waals surface area contributed by atoms with Gasteiger partial charge in [-0.25, -0.2) is 4.79 Å². The zero-order chi connectivity index (χ0) is 19.3. The summed E-state index contributed by atoms with van der Waals surface area (Å²) < 4.78 is 99.3. The maximum absolute atomic E-state index is 12.8. The van der Waals surface area contributed by atoms with Gasteiger partial charge in [-0.15, -0.1) is 0 Å². The minimum absolute atomic E-state index is 0.166. The number of carbonyl (C=O) groups excluding carboxylic acids is 2. The normalized spacial score (nSPS) is 14.0. The van der Waals surface area contributed by atoms with Crippen molar-refractivity contribution in [1.82, 2.24) is 0 Å². The van der Waals surface area contributed by atoms with Gasteiger partial charge in [-0.2, -0.15) is 30.4 Å². The Labute approximate surface area is 133 Å². The second kappa shape index (κ2) is 7.88. The molecule has 0 rings (SSSR count). The molecule has 1 N–H and O–H groups in total. The van der Waals surface area contributed by atoms with Gasteiger partial charge in [0.25, 0.3) is 0 Å². The van der Waals surface area contributed by atoms with E-state index >= 15 is 0 Å². The minimum Gasteiger partial charge on any atom is -0.458 e. The SMILES string of the molecule is C=C(C(=O)OC(CC)CC(=O)OCC(F)(F)S(=O)(=O)O)C(F)(F)F. The molecule has 0 saturated carbocycles. The molecule has 0 heterocycles. The first-order valence-electron chi connectivity index (χ1n) is 6.09. The van der Waals surface area contributed by atoms with Gasteiger partial charge in [0.15, 0.2) is 6.61 Å². The molecule has 24 heavy (non-hydrogen) atoms. The Balaban J connectivity index is 4.67. The third kappa shape index (κ3) is 6.78. The summed E-state index contributed by atoms with van der Waals surface area (Å²) in [6, 6.07) is 0. The minimum atomic E-state index is -5.81. The van der Waals surface area contributed by atoms with Crippen molar-refractivity contribution in [2.75, 3.05) is 6.61 Å². The molecule has 0 saturated heterocycles. The lowest BCUT2D eigenvalue weighted by Gasteiger charge is -2.18. The highest BCUT2D eigenvalue weighted by Crippen LogP contribution is 2.26. The van der Waals surface area contributed by atoms with E-state index in [1.54, 1.807) is 0 Å². The lowest BCUT2D eigenvalue weighted by atomic mass is 10.2. The standard InChI is InChI=1S/C11H13F5O7S/c1-3-7(23-9(18)6(2)11(14,15)16)4-8(17)22-5-10(12,13)24(19,20)21/h7H,2-5H2,1H3,(H,19,20,21). The fourth-order valence-electron chi connectivity index (χ4n) is 1.09. The molecule has 0 aromatic heterocycles. The smallest absolute Gasteiger partial charge is 0.422 e. The van der Waals surface area contributed by atoms with Crippen LogP contribution in [0.3, 0.4) is 0 Å². The molecule has 7 nitrogen and oxygen atoms in total. The van der Waals surface area contributed by atoms with Crippen LogP contribution in [0.5, 0.6) is 0 Å². The molecule has 0 radical (unpaired) electrons. The molecule has 0 aliphatic carbocycles.